The third-order valence-electron chi connectivity index (χ3n) is 1.09. The number of hydrogen-bond acceptors (Lipinski definition) is 2. The van der Waals surface area contributed by atoms with Crippen LogP contribution in [0.1, 0.15) is 10.4 Å². The van der Waals surface area contributed by atoms with E-state index in [2.05, 4.69) is 20.7 Å². The number of carbonyl (C=O) groups excluding carboxylic acids is 1. The second-order valence-corrected chi connectivity index (χ2v) is 3.05. The van der Waals surface area contributed by atoms with Crippen LogP contribution in [-0.2, 0) is 4.74 Å². The first-order valence-corrected chi connectivity index (χ1v) is 4.25. The topological polar surface area (TPSA) is 26.3 Å². The molecule has 1 aromatic carbocycles. The number of aldehydes is 1. The van der Waals surface area contributed by atoms with Gasteiger partial charge >= 0.3 is 0 Å². The predicted molar refractivity (Wildman–Crippen MR) is 52.4 cm³/mol. The van der Waals surface area contributed by atoms with Crippen molar-refractivity contribution in [3.63, 3.8) is 0 Å². The van der Waals surface area contributed by atoms with Crippen LogP contribution in [0.2, 0.25) is 0 Å². The van der Waals surface area contributed by atoms with Gasteiger partial charge in [0, 0.05) is 24.3 Å². The van der Waals surface area contributed by atoms with Crippen LogP contribution in [0.4, 0.5) is 4.39 Å². The monoisotopic (exact) mass is 248 g/mol. The number of ether oxygens (including phenoxy) is 1. The van der Waals surface area contributed by atoms with E-state index in [0.29, 0.717) is 16.3 Å². The van der Waals surface area contributed by atoms with Gasteiger partial charge in [-0.05, 0) is 34.1 Å². The minimum atomic E-state index is -0.350. The highest BCUT2D eigenvalue weighted by molar-refractivity contribution is 9.10. The molecule has 0 radical (unpaired) electrons. The summed E-state index contributed by atoms with van der Waals surface area (Å²) in [7, 11) is 3.25. The van der Waals surface area contributed by atoms with E-state index in [1.807, 2.05) is 0 Å². The zero-order valence-electron chi connectivity index (χ0n) is 7.38. The fourth-order valence-corrected chi connectivity index (χ4v) is 1.04. The molecule has 0 atom stereocenters. The van der Waals surface area contributed by atoms with Crippen LogP contribution in [-0.4, -0.2) is 20.5 Å². The van der Waals surface area contributed by atoms with Crippen molar-refractivity contribution in [1.82, 2.24) is 0 Å². The average Bonchev–Trinajstić information content (AvgIpc) is 2.06. The first kappa shape index (κ1) is 12.3. The molecule has 4 heteroatoms. The van der Waals surface area contributed by atoms with E-state index in [1.54, 1.807) is 14.2 Å². The van der Waals surface area contributed by atoms with E-state index in [-0.39, 0.29) is 5.82 Å². The minimum absolute atomic E-state index is 0.350. The summed E-state index contributed by atoms with van der Waals surface area (Å²) in [6, 6.07) is 3.92. The Morgan fingerprint density at radius 1 is 1.46 bits per heavy atom. The van der Waals surface area contributed by atoms with Gasteiger partial charge in [0.2, 0.25) is 0 Å². The quantitative estimate of drug-likeness (QED) is 0.715. The molecule has 0 aliphatic heterocycles. The number of rotatable bonds is 1. The first-order valence-electron chi connectivity index (χ1n) is 3.46. The molecular formula is C9H10BrFO2. The lowest BCUT2D eigenvalue weighted by atomic mass is 10.2. The van der Waals surface area contributed by atoms with E-state index in [9.17, 15) is 9.18 Å². The molecule has 13 heavy (non-hydrogen) atoms. The van der Waals surface area contributed by atoms with Crippen molar-refractivity contribution in [3.8, 4) is 0 Å². The van der Waals surface area contributed by atoms with Crippen LogP contribution >= 0.6 is 15.9 Å². The van der Waals surface area contributed by atoms with Crippen molar-refractivity contribution in [2.75, 3.05) is 14.2 Å². The Morgan fingerprint density at radius 2 is 2.00 bits per heavy atom. The van der Waals surface area contributed by atoms with Crippen LogP contribution in [0.15, 0.2) is 22.7 Å². The SMILES string of the molecule is COC.O=Cc1ccc(F)cc1Br. The summed E-state index contributed by atoms with van der Waals surface area (Å²) in [4.78, 5) is 10.2. The van der Waals surface area contributed by atoms with Gasteiger partial charge in [-0.15, -0.1) is 0 Å². The summed E-state index contributed by atoms with van der Waals surface area (Å²) in [5.74, 6) is -0.350. The summed E-state index contributed by atoms with van der Waals surface area (Å²) in [6.07, 6.45) is 0.670. The number of methoxy groups -OCH3 is 1. The van der Waals surface area contributed by atoms with E-state index >= 15 is 0 Å². The van der Waals surface area contributed by atoms with Crippen molar-refractivity contribution in [3.05, 3.63) is 34.1 Å². The van der Waals surface area contributed by atoms with Gasteiger partial charge in [-0.3, -0.25) is 4.79 Å². The van der Waals surface area contributed by atoms with E-state index in [0.717, 1.165) is 0 Å². The molecule has 0 aliphatic rings. The third kappa shape index (κ3) is 4.75. The van der Waals surface area contributed by atoms with Gasteiger partial charge in [0.25, 0.3) is 0 Å². The molecule has 72 valence electrons. The second kappa shape index (κ2) is 6.74. The molecule has 1 rings (SSSR count). The summed E-state index contributed by atoms with van der Waals surface area (Å²) < 4.78 is 17.1. The molecular weight excluding hydrogens is 239 g/mol. The second-order valence-electron chi connectivity index (χ2n) is 2.19. The van der Waals surface area contributed by atoms with E-state index in [4.69, 9.17) is 0 Å². The van der Waals surface area contributed by atoms with Crippen molar-refractivity contribution in [2.24, 2.45) is 0 Å². The zero-order valence-corrected chi connectivity index (χ0v) is 8.97. The van der Waals surface area contributed by atoms with Crippen molar-refractivity contribution in [1.29, 1.82) is 0 Å². The fraction of sp³-hybridized carbons (Fsp3) is 0.222. The summed E-state index contributed by atoms with van der Waals surface area (Å²) in [5.41, 5.74) is 0.460. The maximum atomic E-state index is 12.3. The first-order chi connectivity index (χ1) is 6.15. The highest BCUT2D eigenvalue weighted by atomic mass is 79.9. The Morgan fingerprint density at radius 3 is 2.38 bits per heavy atom. The largest absolute Gasteiger partial charge is 0.388 e. The smallest absolute Gasteiger partial charge is 0.151 e. The lowest BCUT2D eigenvalue weighted by molar-refractivity contribution is 0.112. The fourth-order valence-electron chi connectivity index (χ4n) is 0.597. The summed E-state index contributed by atoms with van der Waals surface area (Å²) >= 11 is 3.04. The van der Waals surface area contributed by atoms with Gasteiger partial charge in [0.15, 0.2) is 6.29 Å². The standard InChI is InChI=1S/C7H4BrFO.C2H6O/c8-7-3-6(9)2-1-5(7)4-10;1-3-2/h1-4H;1-2H3. The lowest BCUT2D eigenvalue weighted by Crippen LogP contribution is -1.82. The summed E-state index contributed by atoms with van der Waals surface area (Å²) in [5, 5.41) is 0. The van der Waals surface area contributed by atoms with Crippen LogP contribution < -0.4 is 0 Å². The molecule has 0 bridgehead atoms. The molecule has 0 unspecified atom stereocenters. The molecule has 0 saturated carbocycles. The molecule has 0 N–H and O–H groups in total. The zero-order chi connectivity index (χ0) is 10.3. The Labute approximate surface area is 84.8 Å². The van der Waals surface area contributed by atoms with Crippen LogP contribution in [0.25, 0.3) is 0 Å². The molecule has 0 aliphatic carbocycles. The van der Waals surface area contributed by atoms with E-state index in [1.165, 1.54) is 18.2 Å². The Bertz CT molecular complexity index is 276. The maximum Gasteiger partial charge on any atom is 0.151 e. The predicted octanol–water partition coefficient (Wildman–Crippen LogP) is 2.66. The van der Waals surface area contributed by atoms with Crippen LogP contribution in [0, 0.1) is 5.82 Å². The minimum Gasteiger partial charge on any atom is -0.388 e. The van der Waals surface area contributed by atoms with Crippen LogP contribution in [0.3, 0.4) is 0 Å². The van der Waals surface area contributed by atoms with Gasteiger partial charge in [-0.2, -0.15) is 0 Å². The van der Waals surface area contributed by atoms with Crippen molar-refractivity contribution >= 4 is 22.2 Å². The maximum absolute atomic E-state index is 12.3. The molecule has 2 nitrogen and oxygen atoms in total. The van der Waals surface area contributed by atoms with Gasteiger partial charge in [-0.1, -0.05) is 0 Å². The van der Waals surface area contributed by atoms with Gasteiger partial charge in [0.1, 0.15) is 5.82 Å². The molecule has 0 spiro atoms. The van der Waals surface area contributed by atoms with Crippen molar-refractivity contribution < 1.29 is 13.9 Å². The number of halogens is 2. The van der Waals surface area contributed by atoms with Crippen molar-refractivity contribution in [2.45, 2.75) is 0 Å². The molecule has 0 saturated heterocycles. The Kier molecular flexibility index (Phi) is 6.36. The molecule has 0 amide bonds. The van der Waals surface area contributed by atoms with Gasteiger partial charge < -0.3 is 4.74 Å². The van der Waals surface area contributed by atoms with Gasteiger partial charge in [0.05, 0.1) is 0 Å². The summed E-state index contributed by atoms with van der Waals surface area (Å²) in [6.45, 7) is 0. The number of carbonyl (C=O) groups is 1. The third-order valence-corrected chi connectivity index (χ3v) is 1.78. The Balaban J connectivity index is 0.000000424. The van der Waals surface area contributed by atoms with Gasteiger partial charge in [-0.25, -0.2) is 4.39 Å². The molecule has 0 fully saturated rings. The highest BCUT2D eigenvalue weighted by Gasteiger charge is 1.97. The normalized spacial score (nSPS) is 8.62. The Hall–Kier alpha value is -0.740. The molecule has 1 aromatic rings. The molecule has 0 aromatic heterocycles. The average molecular weight is 249 g/mol. The highest BCUT2D eigenvalue weighted by Crippen LogP contribution is 2.15. The number of benzene rings is 1. The number of hydrogen-bond donors (Lipinski definition) is 0. The lowest BCUT2D eigenvalue weighted by Gasteiger charge is -1.93. The van der Waals surface area contributed by atoms with Crippen LogP contribution in [0.5, 0.6) is 0 Å². The van der Waals surface area contributed by atoms with E-state index < -0.39 is 0 Å². The molecule has 0 heterocycles.